The van der Waals surface area contributed by atoms with Gasteiger partial charge < -0.3 is 86.6 Å². The van der Waals surface area contributed by atoms with Gasteiger partial charge in [-0.2, -0.15) is 0 Å². The molecule has 0 saturated carbocycles. The molecule has 0 unspecified atom stereocenters. The number of carbonyl (C=O) groups is 3. The summed E-state index contributed by atoms with van der Waals surface area (Å²) in [5.41, 5.74) is 8.91. The number of ether oxygens (including phenoxy) is 16. The van der Waals surface area contributed by atoms with Gasteiger partial charge >= 0.3 is 5.97 Å². The first-order chi connectivity index (χ1) is 41.4. The lowest BCUT2D eigenvalue weighted by Gasteiger charge is -2.35. The number of carboxylic acid groups (broad SMARTS) is 1. The maximum Gasteiger partial charge on any atom is 0.305 e. The molecule has 3 aromatic rings. The molecule has 21 nitrogen and oxygen atoms in total. The molecule has 84 heavy (non-hydrogen) atoms. The first-order valence-electron chi connectivity index (χ1n) is 29.4. The highest BCUT2D eigenvalue weighted by Crippen LogP contribution is 2.48. The summed E-state index contributed by atoms with van der Waals surface area (Å²) >= 11 is 1.82. The van der Waals surface area contributed by atoms with Crippen molar-refractivity contribution in [3.05, 3.63) is 108 Å². The second-order valence-corrected chi connectivity index (χ2v) is 19.5. The molecule has 0 aliphatic heterocycles. The zero-order valence-electron chi connectivity index (χ0n) is 49.9. The van der Waals surface area contributed by atoms with E-state index in [0.29, 0.717) is 243 Å². The minimum absolute atomic E-state index is 0.00437. The Kier molecular flexibility index (Phi) is 52.8. The number of carbonyl (C=O) groups excluding carboxylic acids is 2. The first kappa shape index (κ1) is 76.2. The second-order valence-electron chi connectivity index (χ2n) is 18.2. The van der Waals surface area contributed by atoms with E-state index < -0.39 is 10.7 Å². The number of ketones is 2. The summed E-state index contributed by atoms with van der Waals surface area (Å²) in [4.78, 5) is 33.9. The van der Waals surface area contributed by atoms with Crippen molar-refractivity contribution in [3.8, 4) is 0 Å². The van der Waals surface area contributed by atoms with Crippen LogP contribution >= 0.6 is 11.8 Å². The molecule has 0 fully saturated rings. The van der Waals surface area contributed by atoms with Crippen molar-refractivity contribution in [1.29, 1.82) is 0 Å². The molecule has 3 rings (SSSR count). The molecule has 0 aliphatic carbocycles. The Morgan fingerprint density at radius 3 is 0.857 bits per heavy atom. The molecule has 3 N–H and O–H groups in total. The van der Waals surface area contributed by atoms with Crippen molar-refractivity contribution in [2.24, 2.45) is 5.73 Å². The fourth-order valence-electron chi connectivity index (χ4n) is 7.32. The average Bonchev–Trinajstić information content (AvgIpc) is 1.40. The number of aliphatic carboxylic acids is 1. The molecule has 0 aliphatic rings. The highest BCUT2D eigenvalue weighted by molar-refractivity contribution is 8.00. The largest absolute Gasteiger partial charge is 0.481 e. The van der Waals surface area contributed by atoms with Crippen LogP contribution < -0.4 is 5.73 Å². The highest BCUT2D eigenvalue weighted by Gasteiger charge is 2.36. The van der Waals surface area contributed by atoms with Crippen molar-refractivity contribution in [3.63, 3.8) is 0 Å². The Morgan fingerprint density at radius 1 is 0.345 bits per heavy atom. The van der Waals surface area contributed by atoms with Gasteiger partial charge in [0.25, 0.3) is 0 Å². The molecule has 22 heteroatoms. The van der Waals surface area contributed by atoms with Gasteiger partial charge in [0, 0.05) is 38.2 Å². The molecule has 0 saturated heterocycles. The number of hydrogen-bond acceptors (Lipinski definition) is 21. The summed E-state index contributed by atoms with van der Waals surface area (Å²) < 4.78 is 85.9. The van der Waals surface area contributed by atoms with Crippen molar-refractivity contribution < 1.29 is 95.3 Å². The summed E-state index contributed by atoms with van der Waals surface area (Å²) in [7, 11) is 0. The lowest BCUT2D eigenvalue weighted by atomic mass is 9.84. The molecule has 0 bridgehead atoms. The van der Waals surface area contributed by atoms with Crippen LogP contribution in [0.5, 0.6) is 0 Å². The molecule has 0 aromatic heterocycles. The van der Waals surface area contributed by atoms with Crippen LogP contribution in [-0.4, -0.2) is 246 Å². The van der Waals surface area contributed by atoms with E-state index in [1.54, 1.807) is 6.92 Å². The fourth-order valence-corrected chi connectivity index (χ4v) is 8.87. The zero-order chi connectivity index (χ0) is 60.2. The molecule has 0 radical (unpaired) electrons. The minimum Gasteiger partial charge on any atom is -0.481 e. The predicted octanol–water partition coefficient (Wildman–Crippen LogP) is 6.12. The van der Waals surface area contributed by atoms with Gasteiger partial charge in [-0.05, 0) is 30.0 Å². The van der Waals surface area contributed by atoms with E-state index in [-0.39, 0.29) is 24.6 Å². The van der Waals surface area contributed by atoms with Crippen LogP contribution in [0.3, 0.4) is 0 Å². The monoisotopic (exact) mass is 1210 g/mol. The molecule has 0 spiro atoms. The summed E-state index contributed by atoms with van der Waals surface area (Å²) in [6.45, 7) is 17.5. The van der Waals surface area contributed by atoms with Crippen LogP contribution in [0.4, 0.5) is 0 Å². The Morgan fingerprint density at radius 2 is 0.595 bits per heavy atom. The highest BCUT2D eigenvalue weighted by atomic mass is 32.2. The van der Waals surface area contributed by atoms with Gasteiger partial charge in [-0.25, -0.2) is 0 Å². The molecule has 3 aromatic carbocycles. The van der Waals surface area contributed by atoms with E-state index in [1.165, 1.54) is 16.7 Å². The third kappa shape index (κ3) is 44.6. The van der Waals surface area contributed by atoms with E-state index in [1.807, 2.05) is 30.0 Å². The molecular weight excluding hydrogens is 1110 g/mol. The van der Waals surface area contributed by atoms with Crippen molar-refractivity contribution in [2.45, 2.75) is 43.8 Å². The van der Waals surface area contributed by atoms with Gasteiger partial charge in [-0.1, -0.05) is 91.0 Å². The van der Waals surface area contributed by atoms with E-state index in [0.717, 1.165) is 0 Å². The summed E-state index contributed by atoms with van der Waals surface area (Å²) in [6.07, 6.45) is 2.16. The van der Waals surface area contributed by atoms with Crippen LogP contribution in [-0.2, 0) is 94.9 Å². The van der Waals surface area contributed by atoms with Gasteiger partial charge in [0.05, 0.1) is 216 Å². The Balaban J connectivity index is 0.000000681. The molecule has 0 heterocycles. The normalized spacial score (nSPS) is 11.5. The maximum absolute atomic E-state index is 12.8. The molecule has 0 atom stereocenters. The standard InChI is InChI=1S/C43H60O10S.C19H39NO10/c1-38(44)19-22-47-24-26-49-28-30-51-32-34-53-36-35-52-33-31-50-29-27-48-25-23-46-21-11-18-42(45)20-37-54-43(39-12-5-2-6-13-39,40-14-7-3-8-15-40)41-16-9-4-10-17-41;20-2-4-24-6-8-26-10-12-28-14-16-30-18-17-29-15-13-27-11-9-25-7-5-23-3-1-19(21)22/h2-10,12-17H,11,18-37H2,1H3;1-18,20H2,(H,21,22). The van der Waals surface area contributed by atoms with Crippen LogP contribution in [0, 0.1) is 0 Å². The lowest BCUT2D eigenvalue weighted by molar-refractivity contribution is -0.138. The maximum atomic E-state index is 12.8. The third-order valence-electron chi connectivity index (χ3n) is 11.5. The van der Waals surface area contributed by atoms with Gasteiger partial charge in [0.15, 0.2) is 0 Å². The van der Waals surface area contributed by atoms with E-state index >= 15 is 0 Å². The van der Waals surface area contributed by atoms with E-state index in [9.17, 15) is 14.4 Å². The lowest BCUT2D eigenvalue weighted by Crippen LogP contribution is -2.26. The molecule has 478 valence electrons. The Hall–Kier alpha value is -3.86. The van der Waals surface area contributed by atoms with E-state index in [4.69, 9.17) is 86.6 Å². The summed E-state index contributed by atoms with van der Waals surface area (Å²) in [5.74, 6) is 0.223. The number of benzene rings is 3. The average molecular weight is 1210 g/mol. The molecular formula is C62H99NO20S. The number of Topliss-reactive ketones (excluding diaryl/α,β-unsaturated/α-hetero) is 2. The van der Waals surface area contributed by atoms with Gasteiger partial charge in [0.1, 0.15) is 11.6 Å². The Bertz CT molecular complexity index is 1820. The topological polar surface area (TPSA) is 245 Å². The quantitative estimate of drug-likeness (QED) is 0.0478. The van der Waals surface area contributed by atoms with Crippen molar-refractivity contribution in [2.75, 3.05) is 224 Å². The smallest absolute Gasteiger partial charge is 0.305 e. The van der Waals surface area contributed by atoms with Gasteiger partial charge in [0.2, 0.25) is 0 Å². The SMILES string of the molecule is CC(=O)CCOCCOCCOCCOCCOCCOCCOCCOCCCC(=O)CCSC(c1ccccc1)(c1ccccc1)c1ccccc1.NCCOCCOCCOCCOCCOCCOCCOCCOCCC(=O)O. The van der Waals surface area contributed by atoms with Gasteiger partial charge in [-0.3, -0.25) is 14.4 Å². The van der Waals surface area contributed by atoms with Crippen molar-refractivity contribution in [1.82, 2.24) is 0 Å². The Labute approximate surface area is 503 Å². The number of thioether (sulfide) groups is 1. The van der Waals surface area contributed by atoms with Crippen LogP contribution in [0.15, 0.2) is 91.0 Å². The predicted molar refractivity (Wildman–Crippen MR) is 320 cm³/mol. The summed E-state index contributed by atoms with van der Waals surface area (Å²) in [6, 6.07) is 31.7. The molecule has 0 amide bonds. The third-order valence-corrected chi connectivity index (χ3v) is 13.1. The van der Waals surface area contributed by atoms with Crippen LogP contribution in [0.25, 0.3) is 0 Å². The zero-order valence-corrected chi connectivity index (χ0v) is 50.7. The minimum atomic E-state index is -0.870. The number of hydrogen-bond donors (Lipinski definition) is 2. The van der Waals surface area contributed by atoms with Gasteiger partial charge in [-0.15, -0.1) is 11.8 Å². The van der Waals surface area contributed by atoms with Crippen LogP contribution in [0.2, 0.25) is 0 Å². The second kappa shape index (κ2) is 58.2. The van der Waals surface area contributed by atoms with Crippen molar-refractivity contribution >= 4 is 29.3 Å². The number of rotatable bonds is 61. The summed E-state index contributed by atoms with van der Waals surface area (Å²) in [5, 5.41) is 8.44. The van der Waals surface area contributed by atoms with E-state index in [2.05, 4.69) is 72.8 Å². The number of carboxylic acids is 1. The number of nitrogens with two attached hydrogens (primary N) is 1. The fraction of sp³-hybridized carbons (Fsp3) is 0.661. The van der Waals surface area contributed by atoms with Crippen LogP contribution in [0.1, 0.15) is 55.7 Å². The first-order valence-corrected chi connectivity index (χ1v) is 30.4.